The van der Waals surface area contributed by atoms with Crippen LogP contribution in [-0.2, 0) is 45.8 Å². The van der Waals surface area contributed by atoms with Crippen LogP contribution in [-0.4, -0.2) is 56.2 Å². The van der Waals surface area contributed by atoms with Crippen LogP contribution >= 0.6 is 0 Å². The van der Waals surface area contributed by atoms with Gasteiger partial charge in [0, 0.05) is 48.2 Å². The molecule has 2 aliphatic carbocycles. The Kier molecular flexibility index (Phi) is 18.7. The average molecular weight is 1290 g/mol. The quantitative estimate of drug-likeness (QED) is 0.0352. The fourth-order valence-corrected chi connectivity index (χ4v) is 11.8. The van der Waals surface area contributed by atoms with Crippen molar-refractivity contribution < 1.29 is 53.7 Å². The number of aromatic nitrogens is 6. The molecule has 4 atom stereocenters. The van der Waals surface area contributed by atoms with Crippen molar-refractivity contribution in [1.29, 1.82) is 0 Å². The molecular formula is C67H70F8N12O4S. The zero-order valence-electron chi connectivity index (χ0n) is 51.3. The number of nitrogens with zero attached hydrogens (tertiary/aromatic N) is 6. The monoisotopic (exact) mass is 1290 g/mol. The summed E-state index contributed by atoms with van der Waals surface area (Å²) in [4.78, 5) is 51.6. The highest BCUT2D eigenvalue weighted by Gasteiger charge is 2.44. The van der Waals surface area contributed by atoms with Gasteiger partial charge in [0.25, 0.3) is 11.8 Å². The van der Waals surface area contributed by atoms with Crippen molar-refractivity contribution in [2.24, 2.45) is 28.7 Å². The molecule has 4 aromatic carbocycles. The van der Waals surface area contributed by atoms with Gasteiger partial charge in [0.2, 0.25) is 5.91 Å². The molecule has 0 radical (unpaired) electrons. The van der Waals surface area contributed by atoms with Gasteiger partial charge in [0.15, 0.2) is 11.4 Å². The summed E-state index contributed by atoms with van der Waals surface area (Å²) < 4.78 is 137. The summed E-state index contributed by atoms with van der Waals surface area (Å²) in [5, 5.41) is 15.7. The molecule has 25 heteroatoms. The summed E-state index contributed by atoms with van der Waals surface area (Å²) in [7, 11) is -1.84. The summed E-state index contributed by atoms with van der Waals surface area (Å²) in [5.74, 6) is -3.77. The molecule has 0 aliphatic heterocycles. The van der Waals surface area contributed by atoms with E-state index < -0.39 is 103 Å². The molecule has 0 saturated heterocycles. The second-order valence-corrected chi connectivity index (χ2v) is 27.5. The fraction of sp³-hybridized carbons (Fsp3) is 0.358. The van der Waals surface area contributed by atoms with Gasteiger partial charge < -0.3 is 27.4 Å². The second kappa shape index (κ2) is 25.9. The Morgan fingerprint density at radius 1 is 0.620 bits per heavy atom. The van der Waals surface area contributed by atoms with Gasteiger partial charge >= 0.3 is 12.4 Å². The highest BCUT2D eigenvalue weighted by Crippen LogP contribution is 2.45. The molecule has 2 aliphatic rings. The molecule has 0 spiro atoms. The average Bonchev–Trinajstić information content (AvgIpc) is 1.73. The maximum Gasteiger partial charge on any atom is 0.435 e. The van der Waals surface area contributed by atoms with Crippen LogP contribution in [0, 0.1) is 28.9 Å². The molecule has 484 valence electrons. The number of anilines is 2. The Morgan fingerprint density at radius 2 is 1.13 bits per heavy atom. The minimum Gasteiger partial charge on any atom is -0.342 e. The van der Waals surface area contributed by atoms with Crippen LogP contribution in [0.4, 0.5) is 46.5 Å². The maximum atomic E-state index is 16.1. The lowest BCUT2D eigenvalue weighted by Gasteiger charge is -2.38. The fourth-order valence-electron chi connectivity index (χ4n) is 10.8. The van der Waals surface area contributed by atoms with Crippen molar-refractivity contribution in [3.8, 4) is 11.4 Å². The van der Waals surface area contributed by atoms with Crippen molar-refractivity contribution >= 4 is 40.1 Å². The zero-order chi connectivity index (χ0) is 66.3. The van der Waals surface area contributed by atoms with Crippen LogP contribution < -0.4 is 32.1 Å². The van der Waals surface area contributed by atoms with Crippen molar-refractivity contribution in [2.75, 3.05) is 10.6 Å². The van der Waals surface area contributed by atoms with Crippen LogP contribution in [0.15, 0.2) is 140 Å². The van der Waals surface area contributed by atoms with Crippen molar-refractivity contribution in [2.45, 2.75) is 134 Å². The Hall–Kier alpha value is -8.52. The SMILES string of the molecule is CC(C)(C)C(=O)NC(CCC1CC1)(c1cccnc1)c1ccc(F)c(NC(=O)c2cc(C(F)(F)F)nn2-c2cccc(C(N)c3ccc(C(CCC4CC4)(NS(=O)C(C)(C)C)c4ccc(F)c(NC(=O)c5cc(C(F)(F)F)nn5-c5cccc(CN)c5)c4)cn3)c2)c1. The third-order valence-corrected chi connectivity index (χ3v) is 18.2. The predicted octanol–water partition coefficient (Wildman–Crippen LogP) is 13.3. The molecule has 92 heavy (non-hydrogen) atoms. The first-order chi connectivity index (χ1) is 43.4. The topological polar surface area (TPSA) is 230 Å². The van der Waals surface area contributed by atoms with E-state index in [2.05, 4.69) is 35.9 Å². The molecule has 10 rings (SSSR count). The number of hydrogen-bond donors (Lipinski definition) is 6. The molecule has 8 N–H and O–H groups in total. The zero-order valence-corrected chi connectivity index (χ0v) is 52.1. The van der Waals surface area contributed by atoms with E-state index in [4.69, 9.17) is 16.5 Å². The number of halogens is 8. The maximum absolute atomic E-state index is 16.1. The van der Waals surface area contributed by atoms with E-state index in [-0.39, 0.29) is 47.5 Å². The number of hydrogen-bond acceptors (Lipinski definition) is 10. The molecule has 0 bridgehead atoms. The number of benzene rings is 4. The Morgan fingerprint density at radius 3 is 1.61 bits per heavy atom. The molecule has 8 aromatic rings. The molecule has 16 nitrogen and oxygen atoms in total. The van der Waals surface area contributed by atoms with Gasteiger partial charge in [-0.1, -0.05) is 95.0 Å². The minimum atomic E-state index is -5.04. The third-order valence-electron chi connectivity index (χ3n) is 16.6. The van der Waals surface area contributed by atoms with Crippen LogP contribution in [0.3, 0.4) is 0 Å². The second-order valence-electron chi connectivity index (χ2n) is 25.6. The van der Waals surface area contributed by atoms with E-state index in [1.165, 1.54) is 66.9 Å². The lowest BCUT2D eigenvalue weighted by atomic mass is 9.77. The number of pyridine rings is 2. The highest BCUT2D eigenvalue weighted by molar-refractivity contribution is 7.84. The van der Waals surface area contributed by atoms with Crippen molar-refractivity contribution in [3.63, 3.8) is 0 Å². The first-order valence-corrected chi connectivity index (χ1v) is 31.1. The van der Waals surface area contributed by atoms with Crippen LogP contribution in [0.2, 0.25) is 0 Å². The Bertz CT molecular complexity index is 4060. The van der Waals surface area contributed by atoms with Gasteiger partial charge in [0.1, 0.15) is 23.0 Å². The van der Waals surface area contributed by atoms with Gasteiger partial charge in [-0.25, -0.2) is 27.1 Å². The molecule has 2 saturated carbocycles. The Balaban J connectivity index is 0.977. The molecule has 4 unspecified atom stereocenters. The number of nitrogens with one attached hydrogen (secondary N) is 4. The normalized spacial score (nSPS) is 15.9. The van der Waals surface area contributed by atoms with Crippen LogP contribution in [0.1, 0.15) is 170 Å². The Labute approximate surface area is 529 Å². The summed E-state index contributed by atoms with van der Waals surface area (Å²) in [6.45, 7) is 10.5. The number of carbonyl (C=O) groups is 3. The largest absolute Gasteiger partial charge is 0.435 e. The summed E-state index contributed by atoms with van der Waals surface area (Å²) in [6.07, 6.45) is 0.409. The van der Waals surface area contributed by atoms with Gasteiger partial charge in [-0.3, -0.25) is 24.4 Å². The van der Waals surface area contributed by atoms with E-state index in [1.807, 2.05) is 0 Å². The van der Waals surface area contributed by atoms with Gasteiger partial charge in [-0.2, -0.15) is 36.5 Å². The van der Waals surface area contributed by atoms with E-state index >= 15 is 8.78 Å². The standard InChI is InChI=1S/C67H70F8N12O4S/c1-62(2,3)61(90)82-64(27-25-39-15-16-39,45-12-9-29-78-37-45)43-19-22-49(68)52(32-43)80-60(89)55-35-57(67(73,74)75)84-87(55)48-14-8-11-42(31-48)58(77)51-24-21-46(38-79-51)65(28-26-40-17-18-40,85-92(91)63(4,5)6)44-20-23-50(69)53(33-44)81-59(88)54-34-56(66(70,71)72)83-86(54)47-13-7-10-41(30-47)36-76/h7-14,19-24,29-35,37-40,58,85H,15-18,25-28,36,76-77H2,1-6H3,(H,80,89)(H,81,88)(H,82,90). The van der Waals surface area contributed by atoms with E-state index in [1.54, 1.807) is 90.3 Å². The lowest BCUT2D eigenvalue weighted by molar-refractivity contribution is -0.142. The van der Waals surface area contributed by atoms with Crippen LogP contribution in [0.5, 0.6) is 0 Å². The number of nitrogens with two attached hydrogens (primary N) is 2. The first kappa shape index (κ1) is 66.4. The van der Waals surface area contributed by atoms with Crippen molar-refractivity contribution in [1.82, 2.24) is 39.6 Å². The molecule has 4 aromatic heterocycles. The van der Waals surface area contributed by atoms with Gasteiger partial charge in [-0.15, -0.1) is 0 Å². The van der Waals surface area contributed by atoms with E-state index in [0.717, 1.165) is 47.2 Å². The predicted molar refractivity (Wildman–Crippen MR) is 332 cm³/mol. The minimum absolute atomic E-state index is 0.0357. The summed E-state index contributed by atoms with van der Waals surface area (Å²) >= 11 is 0. The smallest absolute Gasteiger partial charge is 0.342 e. The molecule has 4 heterocycles. The molecule has 3 amide bonds. The summed E-state index contributed by atoms with van der Waals surface area (Å²) in [6, 6.07) is 26.6. The lowest BCUT2D eigenvalue weighted by Crippen LogP contribution is -2.50. The number of carbonyl (C=O) groups excluding carboxylic acids is 3. The van der Waals surface area contributed by atoms with E-state index in [9.17, 15) is 44.9 Å². The molecule has 2 fully saturated rings. The van der Waals surface area contributed by atoms with Crippen LogP contribution in [0.25, 0.3) is 11.4 Å². The number of rotatable bonds is 22. The van der Waals surface area contributed by atoms with Gasteiger partial charge in [-0.05, 0) is 147 Å². The highest BCUT2D eigenvalue weighted by atomic mass is 32.2. The first-order valence-electron chi connectivity index (χ1n) is 30.0. The van der Waals surface area contributed by atoms with Gasteiger partial charge in [0.05, 0.1) is 61.3 Å². The third kappa shape index (κ3) is 14.7. The van der Waals surface area contributed by atoms with E-state index in [0.29, 0.717) is 70.7 Å². The number of alkyl halides is 6. The summed E-state index contributed by atoms with van der Waals surface area (Å²) in [5.41, 5.74) is 7.20. The number of amides is 3. The van der Waals surface area contributed by atoms with Crippen molar-refractivity contribution in [3.05, 3.63) is 213 Å². The molecular weight excluding hydrogens is 1220 g/mol.